The minimum absolute atomic E-state index is 0.0524. The van der Waals surface area contributed by atoms with E-state index in [4.69, 9.17) is 15.6 Å². The number of nitrogens with zero attached hydrogens (tertiary/aromatic N) is 3. The van der Waals surface area contributed by atoms with Crippen LogP contribution in [0.1, 0.15) is 19.3 Å². The molecular formula is C9H13N3O2. The third-order valence-corrected chi connectivity index (χ3v) is 1.72. The zero-order valence-corrected chi connectivity index (χ0v) is 7.94. The standard InChI is InChI=1S/C9H13N3O2/c10-4-1-6-12(7-2-5-11)8-3-9(13)14/h1-3,6-8H2,(H,13,14). The van der Waals surface area contributed by atoms with Gasteiger partial charge in [-0.3, -0.25) is 4.79 Å². The van der Waals surface area contributed by atoms with E-state index in [0.29, 0.717) is 32.5 Å². The van der Waals surface area contributed by atoms with Crippen LogP contribution >= 0.6 is 0 Å². The number of hydrogen-bond donors (Lipinski definition) is 1. The summed E-state index contributed by atoms with van der Waals surface area (Å²) in [6.07, 6.45) is 0.785. The Morgan fingerprint density at radius 2 is 1.64 bits per heavy atom. The molecule has 0 unspecified atom stereocenters. The summed E-state index contributed by atoms with van der Waals surface area (Å²) in [6, 6.07) is 3.98. The van der Waals surface area contributed by atoms with Crippen molar-refractivity contribution in [3.05, 3.63) is 0 Å². The number of rotatable bonds is 7. The first-order valence-electron chi connectivity index (χ1n) is 4.38. The lowest BCUT2D eigenvalue weighted by atomic mass is 10.3. The molecule has 0 aromatic rings. The second-order valence-electron chi connectivity index (χ2n) is 2.80. The molecular weight excluding hydrogens is 182 g/mol. The number of carboxylic acid groups (broad SMARTS) is 1. The number of carboxylic acids is 1. The summed E-state index contributed by atoms with van der Waals surface area (Å²) in [6.45, 7) is 1.47. The van der Waals surface area contributed by atoms with Gasteiger partial charge in [0.05, 0.1) is 18.6 Å². The summed E-state index contributed by atoms with van der Waals surface area (Å²) in [5.41, 5.74) is 0. The Kier molecular flexibility index (Phi) is 7.12. The molecule has 0 bridgehead atoms. The summed E-state index contributed by atoms with van der Waals surface area (Å²) in [5, 5.41) is 25.2. The molecule has 0 fully saturated rings. The van der Waals surface area contributed by atoms with Crippen LogP contribution < -0.4 is 0 Å². The van der Waals surface area contributed by atoms with E-state index in [1.54, 1.807) is 0 Å². The first kappa shape index (κ1) is 12.4. The van der Waals surface area contributed by atoms with Crippen molar-refractivity contribution in [2.45, 2.75) is 19.3 Å². The Labute approximate surface area is 83.2 Å². The smallest absolute Gasteiger partial charge is 0.304 e. The Bertz CT molecular complexity index is 234. The average molecular weight is 195 g/mol. The molecule has 0 aliphatic heterocycles. The van der Waals surface area contributed by atoms with E-state index in [1.165, 1.54) is 0 Å². The van der Waals surface area contributed by atoms with Gasteiger partial charge in [0.1, 0.15) is 0 Å². The van der Waals surface area contributed by atoms with Gasteiger partial charge in [-0.25, -0.2) is 0 Å². The van der Waals surface area contributed by atoms with Gasteiger partial charge >= 0.3 is 5.97 Å². The minimum atomic E-state index is -0.857. The first-order chi connectivity index (χ1) is 6.70. The van der Waals surface area contributed by atoms with Gasteiger partial charge in [0.2, 0.25) is 0 Å². The maximum Gasteiger partial charge on any atom is 0.304 e. The summed E-state index contributed by atoms with van der Waals surface area (Å²) in [4.78, 5) is 12.1. The number of aliphatic carboxylic acids is 1. The highest BCUT2D eigenvalue weighted by Crippen LogP contribution is 1.95. The lowest BCUT2D eigenvalue weighted by molar-refractivity contribution is -0.137. The van der Waals surface area contributed by atoms with Crippen molar-refractivity contribution < 1.29 is 9.90 Å². The number of nitriles is 2. The molecule has 0 heterocycles. The molecule has 0 spiro atoms. The van der Waals surface area contributed by atoms with Crippen molar-refractivity contribution >= 4 is 5.97 Å². The zero-order chi connectivity index (χ0) is 10.8. The first-order valence-corrected chi connectivity index (χ1v) is 4.38. The van der Waals surface area contributed by atoms with E-state index in [0.717, 1.165) is 0 Å². The molecule has 5 heteroatoms. The van der Waals surface area contributed by atoms with Crippen LogP contribution in [0.4, 0.5) is 0 Å². The molecule has 14 heavy (non-hydrogen) atoms. The number of hydrogen-bond acceptors (Lipinski definition) is 4. The normalized spacial score (nSPS) is 9.36. The summed E-state index contributed by atoms with van der Waals surface area (Å²) in [7, 11) is 0. The van der Waals surface area contributed by atoms with Crippen molar-refractivity contribution in [1.29, 1.82) is 10.5 Å². The molecule has 1 N–H and O–H groups in total. The minimum Gasteiger partial charge on any atom is -0.481 e. The fourth-order valence-corrected chi connectivity index (χ4v) is 1.01. The van der Waals surface area contributed by atoms with Crippen molar-refractivity contribution in [3.63, 3.8) is 0 Å². The summed E-state index contributed by atoms with van der Waals surface area (Å²) < 4.78 is 0. The lowest BCUT2D eigenvalue weighted by Gasteiger charge is -2.18. The van der Waals surface area contributed by atoms with Gasteiger partial charge < -0.3 is 10.0 Å². The quantitative estimate of drug-likeness (QED) is 0.642. The molecule has 0 radical (unpaired) electrons. The predicted molar refractivity (Wildman–Crippen MR) is 49.2 cm³/mol. The molecule has 0 rings (SSSR count). The second kappa shape index (κ2) is 8.03. The van der Waals surface area contributed by atoms with E-state index in [2.05, 4.69) is 0 Å². The Morgan fingerprint density at radius 1 is 1.14 bits per heavy atom. The van der Waals surface area contributed by atoms with Gasteiger partial charge in [-0.15, -0.1) is 0 Å². The van der Waals surface area contributed by atoms with Crippen molar-refractivity contribution in [1.82, 2.24) is 4.90 Å². The maximum atomic E-state index is 10.3. The van der Waals surface area contributed by atoms with Crippen LogP contribution in [-0.2, 0) is 4.79 Å². The molecule has 0 saturated heterocycles. The van der Waals surface area contributed by atoms with Crippen LogP contribution in [-0.4, -0.2) is 35.6 Å². The molecule has 0 aromatic carbocycles. The molecule has 0 amide bonds. The molecule has 0 saturated carbocycles. The Hall–Kier alpha value is -1.59. The van der Waals surface area contributed by atoms with Gasteiger partial charge in [-0.2, -0.15) is 10.5 Å². The second-order valence-corrected chi connectivity index (χ2v) is 2.80. The van der Waals surface area contributed by atoms with Gasteiger partial charge in [0.25, 0.3) is 0 Å². The van der Waals surface area contributed by atoms with E-state index in [9.17, 15) is 4.79 Å². The van der Waals surface area contributed by atoms with Crippen molar-refractivity contribution in [2.75, 3.05) is 19.6 Å². The topological polar surface area (TPSA) is 88.1 Å². The van der Waals surface area contributed by atoms with E-state index >= 15 is 0 Å². The molecule has 0 aliphatic rings. The summed E-state index contributed by atoms with van der Waals surface area (Å²) >= 11 is 0. The van der Waals surface area contributed by atoms with Crippen LogP contribution in [0, 0.1) is 22.7 Å². The monoisotopic (exact) mass is 195 g/mol. The largest absolute Gasteiger partial charge is 0.481 e. The van der Waals surface area contributed by atoms with E-state index in [1.807, 2.05) is 17.0 Å². The molecule has 0 aliphatic carbocycles. The molecule has 0 atom stereocenters. The molecule has 0 aromatic heterocycles. The maximum absolute atomic E-state index is 10.3. The average Bonchev–Trinajstić information content (AvgIpc) is 2.16. The van der Waals surface area contributed by atoms with Gasteiger partial charge in [0, 0.05) is 32.5 Å². The zero-order valence-electron chi connectivity index (χ0n) is 7.94. The highest BCUT2D eigenvalue weighted by Gasteiger charge is 2.06. The summed E-state index contributed by atoms with van der Waals surface area (Å²) in [5.74, 6) is -0.857. The fraction of sp³-hybridized carbons (Fsp3) is 0.667. The molecule has 5 nitrogen and oxygen atoms in total. The van der Waals surface area contributed by atoms with Crippen LogP contribution in [0.3, 0.4) is 0 Å². The molecule has 76 valence electrons. The third-order valence-electron chi connectivity index (χ3n) is 1.72. The SMILES string of the molecule is N#CCCN(CCC#N)CCC(=O)O. The highest BCUT2D eigenvalue weighted by atomic mass is 16.4. The fourth-order valence-electron chi connectivity index (χ4n) is 1.01. The van der Waals surface area contributed by atoms with Crippen LogP contribution in [0.5, 0.6) is 0 Å². The van der Waals surface area contributed by atoms with Crippen LogP contribution in [0.25, 0.3) is 0 Å². The number of carbonyl (C=O) groups is 1. The van der Waals surface area contributed by atoms with E-state index in [-0.39, 0.29) is 6.42 Å². The van der Waals surface area contributed by atoms with Crippen molar-refractivity contribution in [2.24, 2.45) is 0 Å². The predicted octanol–water partition coefficient (Wildman–Crippen LogP) is 0.590. The van der Waals surface area contributed by atoms with Gasteiger partial charge in [-0.1, -0.05) is 0 Å². The highest BCUT2D eigenvalue weighted by molar-refractivity contribution is 5.66. The Morgan fingerprint density at radius 3 is 2.00 bits per heavy atom. The third kappa shape index (κ3) is 7.08. The lowest BCUT2D eigenvalue weighted by Crippen LogP contribution is -2.28. The van der Waals surface area contributed by atoms with Crippen molar-refractivity contribution in [3.8, 4) is 12.1 Å². The van der Waals surface area contributed by atoms with Gasteiger partial charge in [-0.05, 0) is 0 Å². The Balaban J connectivity index is 3.79. The van der Waals surface area contributed by atoms with Crippen LogP contribution in [0.15, 0.2) is 0 Å². The van der Waals surface area contributed by atoms with Gasteiger partial charge in [0.15, 0.2) is 0 Å². The van der Waals surface area contributed by atoms with E-state index < -0.39 is 5.97 Å². The van der Waals surface area contributed by atoms with Crippen LogP contribution in [0.2, 0.25) is 0 Å².